The molecule has 0 N–H and O–H groups in total. The first-order valence-corrected chi connectivity index (χ1v) is 8.71. The molecule has 32 heavy (non-hydrogen) atoms. The lowest BCUT2D eigenvalue weighted by Gasteiger charge is -2.13. The number of nitro groups is 1. The molecule has 0 bridgehead atoms. The van der Waals surface area contributed by atoms with Crippen LogP contribution in [0.5, 0.6) is 28.9 Å². The highest BCUT2D eigenvalue weighted by Gasteiger charge is 2.35. The van der Waals surface area contributed by atoms with E-state index in [1.165, 1.54) is 24.3 Å². The van der Waals surface area contributed by atoms with Gasteiger partial charge >= 0.3 is 11.9 Å². The van der Waals surface area contributed by atoms with E-state index in [0.717, 1.165) is 25.2 Å². The van der Waals surface area contributed by atoms with Crippen LogP contribution < -0.4 is 19.3 Å². The maximum absolute atomic E-state index is 12.9. The maximum Gasteiger partial charge on any atom is 0.433 e. The van der Waals surface area contributed by atoms with E-state index in [9.17, 15) is 33.2 Å². The predicted octanol–water partition coefficient (Wildman–Crippen LogP) is 3.06. The molecule has 0 unspecified atom stereocenters. The summed E-state index contributed by atoms with van der Waals surface area (Å²) < 4.78 is 55.3. The number of para-hydroxylation sites is 2. The zero-order valence-corrected chi connectivity index (χ0v) is 16.2. The minimum Gasteiger partial charge on any atom is -0.546 e. The molecule has 0 aliphatic heterocycles. The first kappa shape index (κ1) is 22.4. The van der Waals surface area contributed by atoms with Gasteiger partial charge in [0.15, 0.2) is 11.5 Å². The van der Waals surface area contributed by atoms with E-state index in [1.807, 2.05) is 0 Å². The Morgan fingerprint density at radius 3 is 2.38 bits per heavy atom. The molecule has 1 aromatic heterocycles. The van der Waals surface area contributed by atoms with Gasteiger partial charge in [-0.05, 0) is 18.2 Å². The van der Waals surface area contributed by atoms with Crippen molar-refractivity contribution in [3.8, 4) is 28.9 Å². The second-order valence-electron chi connectivity index (χ2n) is 6.19. The van der Waals surface area contributed by atoms with Crippen LogP contribution in [0.25, 0.3) is 0 Å². The topological polar surface area (TPSA) is 129 Å². The Hall–Kier alpha value is -4.29. The number of hydrogen-bond acceptors (Lipinski definition) is 8. The van der Waals surface area contributed by atoms with Gasteiger partial charge in [-0.3, -0.25) is 14.8 Å². The number of carboxylic acids is 1. The van der Waals surface area contributed by atoms with Gasteiger partial charge in [0.25, 0.3) is 0 Å². The minimum absolute atomic E-state index is 0.0307. The summed E-state index contributed by atoms with van der Waals surface area (Å²) in [5.41, 5.74) is -1.53. The molecule has 0 atom stereocenters. The molecule has 0 spiro atoms. The molecule has 3 aromatic rings. The van der Waals surface area contributed by atoms with Gasteiger partial charge in [-0.15, -0.1) is 5.10 Å². The number of alkyl halides is 3. The van der Waals surface area contributed by atoms with Crippen LogP contribution in [-0.2, 0) is 18.0 Å². The van der Waals surface area contributed by atoms with Crippen molar-refractivity contribution in [2.75, 3.05) is 6.61 Å². The third kappa shape index (κ3) is 5.24. The molecule has 0 radical (unpaired) electrons. The quantitative estimate of drug-likeness (QED) is 0.377. The van der Waals surface area contributed by atoms with Crippen molar-refractivity contribution in [3.63, 3.8) is 0 Å². The third-order valence-corrected chi connectivity index (χ3v) is 3.91. The van der Waals surface area contributed by atoms with Gasteiger partial charge < -0.3 is 24.1 Å². The summed E-state index contributed by atoms with van der Waals surface area (Å²) in [6.45, 7) is -0.785. The van der Waals surface area contributed by atoms with Crippen molar-refractivity contribution in [2.45, 2.75) is 6.18 Å². The Bertz CT molecular complexity index is 1160. The fraction of sp³-hybridized carbons (Fsp3) is 0.158. The number of benzene rings is 2. The van der Waals surface area contributed by atoms with Gasteiger partial charge in [-0.25, -0.2) is 0 Å². The van der Waals surface area contributed by atoms with Crippen LogP contribution in [-0.4, -0.2) is 27.3 Å². The first-order chi connectivity index (χ1) is 15.0. The van der Waals surface area contributed by atoms with Crippen LogP contribution in [0.4, 0.5) is 18.9 Å². The van der Waals surface area contributed by atoms with Crippen LogP contribution in [0.3, 0.4) is 0 Å². The molecule has 2 aromatic carbocycles. The Labute approximate surface area is 177 Å². The Morgan fingerprint density at radius 2 is 1.78 bits per heavy atom. The predicted molar refractivity (Wildman–Crippen MR) is 98.4 cm³/mol. The minimum atomic E-state index is -4.65. The number of carboxylic acid groups (broad SMARTS) is 1. The average Bonchev–Trinajstić information content (AvgIpc) is 3.07. The molecular weight excluding hydrogens is 439 g/mol. The van der Waals surface area contributed by atoms with Crippen LogP contribution in [0.15, 0.2) is 48.5 Å². The number of nitro benzene ring substituents is 1. The zero-order valence-electron chi connectivity index (χ0n) is 16.2. The van der Waals surface area contributed by atoms with Crippen molar-refractivity contribution in [1.82, 2.24) is 9.78 Å². The highest BCUT2D eigenvalue weighted by atomic mass is 19.4. The van der Waals surface area contributed by atoms with Gasteiger partial charge in [0.05, 0.1) is 10.9 Å². The van der Waals surface area contributed by atoms with Crippen LogP contribution in [0, 0.1) is 10.1 Å². The SMILES string of the molecule is Cn1nc(Oc2ccc([N+](=O)[O-])c(Oc3ccccc3OCC(=O)[O-])c2)cc1C(F)(F)F. The number of nitrogens with zero attached hydrogens (tertiary/aromatic N) is 3. The molecule has 0 aliphatic rings. The van der Waals surface area contributed by atoms with Crippen molar-refractivity contribution in [3.05, 3.63) is 64.3 Å². The van der Waals surface area contributed by atoms with E-state index in [2.05, 4.69) is 5.10 Å². The Kier molecular flexibility index (Phi) is 6.18. The molecule has 0 fully saturated rings. The lowest BCUT2D eigenvalue weighted by atomic mass is 10.2. The fourth-order valence-electron chi connectivity index (χ4n) is 2.58. The molecule has 3 rings (SSSR count). The van der Waals surface area contributed by atoms with Crippen molar-refractivity contribution >= 4 is 11.7 Å². The average molecular weight is 452 g/mol. The second-order valence-corrected chi connectivity index (χ2v) is 6.19. The van der Waals surface area contributed by atoms with Gasteiger partial charge in [0.1, 0.15) is 18.1 Å². The number of carbonyl (C=O) groups excluding carboxylic acids is 1. The molecule has 10 nitrogen and oxygen atoms in total. The molecule has 13 heteroatoms. The van der Waals surface area contributed by atoms with Gasteiger partial charge in [-0.1, -0.05) is 12.1 Å². The Morgan fingerprint density at radius 1 is 1.09 bits per heavy atom. The molecule has 0 aliphatic carbocycles. The Balaban J connectivity index is 1.91. The van der Waals surface area contributed by atoms with E-state index in [-0.39, 0.29) is 23.0 Å². The molecule has 0 amide bonds. The van der Waals surface area contributed by atoms with Crippen molar-refractivity contribution < 1.29 is 42.2 Å². The number of hydrogen-bond donors (Lipinski definition) is 0. The number of aryl methyl sites for hydroxylation is 1. The maximum atomic E-state index is 12.9. The summed E-state index contributed by atoms with van der Waals surface area (Å²) in [5, 5.41) is 25.6. The smallest absolute Gasteiger partial charge is 0.433 e. The number of rotatable bonds is 8. The van der Waals surface area contributed by atoms with E-state index >= 15 is 0 Å². The van der Waals surface area contributed by atoms with Gasteiger partial charge in [-0.2, -0.15) is 13.2 Å². The molecule has 168 valence electrons. The van der Waals surface area contributed by atoms with E-state index < -0.39 is 40.9 Å². The second kappa shape index (κ2) is 8.83. The van der Waals surface area contributed by atoms with Gasteiger partial charge in [0.2, 0.25) is 11.6 Å². The normalized spacial score (nSPS) is 11.1. The molecule has 1 heterocycles. The summed E-state index contributed by atoms with van der Waals surface area (Å²) in [4.78, 5) is 21.3. The highest BCUT2D eigenvalue weighted by Crippen LogP contribution is 2.39. The number of carbonyl (C=O) groups is 1. The van der Waals surface area contributed by atoms with Crippen molar-refractivity contribution in [2.24, 2.45) is 7.05 Å². The van der Waals surface area contributed by atoms with E-state index in [0.29, 0.717) is 10.7 Å². The standard InChI is InChI=1S/C19H14F3N3O7/c1-24-16(19(20,21)22)9-17(23-24)31-11-6-7-12(25(28)29)15(8-11)32-14-5-3-2-4-13(14)30-10-18(26)27/h2-9H,10H2,1H3,(H,26,27)/p-1. The van der Waals surface area contributed by atoms with Crippen molar-refractivity contribution in [1.29, 1.82) is 0 Å². The van der Waals surface area contributed by atoms with Crippen LogP contribution in [0.2, 0.25) is 0 Å². The first-order valence-electron chi connectivity index (χ1n) is 8.71. The fourth-order valence-corrected chi connectivity index (χ4v) is 2.58. The molecular formula is C19H13F3N3O7-. The van der Waals surface area contributed by atoms with Crippen LogP contribution >= 0.6 is 0 Å². The zero-order chi connectivity index (χ0) is 23.5. The number of aromatic nitrogens is 2. The van der Waals surface area contributed by atoms with Crippen LogP contribution in [0.1, 0.15) is 5.69 Å². The highest BCUT2D eigenvalue weighted by molar-refractivity contribution is 5.66. The number of halogens is 3. The summed E-state index contributed by atoms with van der Waals surface area (Å²) in [5.74, 6) is -2.38. The summed E-state index contributed by atoms with van der Waals surface area (Å²) in [7, 11) is 1.09. The largest absolute Gasteiger partial charge is 0.546 e. The monoisotopic (exact) mass is 452 g/mol. The van der Waals surface area contributed by atoms with E-state index in [4.69, 9.17) is 14.2 Å². The number of aliphatic carboxylic acids is 1. The summed E-state index contributed by atoms with van der Waals surface area (Å²) in [6.07, 6.45) is -4.65. The van der Waals surface area contributed by atoms with Gasteiger partial charge in [0, 0.05) is 25.2 Å². The molecule has 0 saturated heterocycles. The number of ether oxygens (including phenoxy) is 3. The summed E-state index contributed by atoms with van der Waals surface area (Å²) >= 11 is 0. The lowest BCUT2D eigenvalue weighted by Crippen LogP contribution is -2.29. The summed E-state index contributed by atoms with van der Waals surface area (Å²) in [6, 6.07) is 9.72. The lowest BCUT2D eigenvalue weighted by molar-refractivity contribution is -0.385. The molecule has 0 saturated carbocycles. The van der Waals surface area contributed by atoms with E-state index in [1.54, 1.807) is 0 Å². The third-order valence-electron chi connectivity index (χ3n) is 3.91.